The summed E-state index contributed by atoms with van der Waals surface area (Å²) in [6, 6.07) is 19.7. The number of hydrogen-bond donors (Lipinski definition) is 1. The molecule has 0 fully saturated rings. The van der Waals surface area contributed by atoms with Crippen LogP contribution in [-0.4, -0.2) is 18.7 Å². The minimum absolute atomic E-state index is 0.292. The maximum atomic E-state index is 12.2. The molecule has 31 heavy (non-hydrogen) atoms. The molecular weight excluding hydrogens is 435 g/mol. The molecule has 7 heteroatoms. The average molecular weight is 457 g/mol. The van der Waals surface area contributed by atoms with Gasteiger partial charge in [0.25, 0.3) is 5.91 Å². The summed E-state index contributed by atoms with van der Waals surface area (Å²) >= 11 is 11.9. The van der Waals surface area contributed by atoms with Crippen LogP contribution in [0.1, 0.15) is 34.8 Å². The van der Waals surface area contributed by atoms with Crippen LogP contribution in [0.15, 0.2) is 71.8 Å². The molecule has 0 heterocycles. The highest BCUT2D eigenvalue weighted by Gasteiger charge is 2.04. The van der Waals surface area contributed by atoms with E-state index in [1.165, 1.54) is 0 Å². The largest absolute Gasteiger partial charge is 0.494 e. The van der Waals surface area contributed by atoms with Crippen LogP contribution in [0.4, 0.5) is 0 Å². The van der Waals surface area contributed by atoms with E-state index in [-0.39, 0.29) is 5.91 Å². The Hall–Kier alpha value is -3.02. The second kappa shape index (κ2) is 11.4. The molecule has 0 unspecified atom stereocenters. The first-order valence-corrected chi connectivity index (χ1v) is 10.5. The molecule has 1 amide bonds. The lowest BCUT2D eigenvalue weighted by atomic mass is 10.2. The molecule has 3 aromatic rings. The molecule has 0 atom stereocenters. The first kappa shape index (κ1) is 22.7. The van der Waals surface area contributed by atoms with Crippen molar-refractivity contribution in [3.8, 4) is 11.5 Å². The first-order valence-electron chi connectivity index (χ1n) is 9.78. The molecule has 3 rings (SSSR count). The molecule has 5 nitrogen and oxygen atoms in total. The van der Waals surface area contributed by atoms with E-state index in [4.69, 9.17) is 32.7 Å². The van der Waals surface area contributed by atoms with Crippen LogP contribution in [0.5, 0.6) is 11.5 Å². The number of carbonyl (C=O) groups excluding carboxylic acids is 1. The minimum atomic E-state index is -0.292. The van der Waals surface area contributed by atoms with Gasteiger partial charge < -0.3 is 9.47 Å². The Kier molecular flexibility index (Phi) is 8.33. The van der Waals surface area contributed by atoms with E-state index in [0.29, 0.717) is 34.6 Å². The number of benzene rings is 3. The number of carbonyl (C=O) groups is 1. The maximum Gasteiger partial charge on any atom is 0.271 e. The van der Waals surface area contributed by atoms with Gasteiger partial charge in [-0.3, -0.25) is 4.79 Å². The van der Waals surface area contributed by atoms with Gasteiger partial charge in [-0.1, -0.05) is 36.2 Å². The summed E-state index contributed by atoms with van der Waals surface area (Å²) in [7, 11) is 0. The summed E-state index contributed by atoms with van der Waals surface area (Å²) in [5.41, 5.74) is 4.77. The Bertz CT molecular complexity index is 1040. The lowest BCUT2D eigenvalue weighted by Crippen LogP contribution is -2.17. The van der Waals surface area contributed by atoms with E-state index in [1.807, 2.05) is 37.3 Å². The molecular formula is C24H22Cl2N2O3. The maximum absolute atomic E-state index is 12.2. The number of hydrazone groups is 1. The van der Waals surface area contributed by atoms with Crippen molar-refractivity contribution < 1.29 is 14.3 Å². The topological polar surface area (TPSA) is 59.9 Å². The van der Waals surface area contributed by atoms with Gasteiger partial charge in [-0.05, 0) is 78.2 Å². The Morgan fingerprint density at radius 1 is 0.935 bits per heavy atom. The zero-order chi connectivity index (χ0) is 22.1. The predicted octanol–water partition coefficient (Wildman–Crippen LogP) is 6.13. The molecule has 1 N–H and O–H groups in total. The Morgan fingerprint density at radius 2 is 1.61 bits per heavy atom. The van der Waals surface area contributed by atoms with Gasteiger partial charge in [0.05, 0.1) is 22.9 Å². The van der Waals surface area contributed by atoms with Crippen LogP contribution in [0.2, 0.25) is 10.0 Å². The van der Waals surface area contributed by atoms with E-state index in [9.17, 15) is 4.79 Å². The fourth-order valence-corrected chi connectivity index (χ4v) is 2.92. The summed E-state index contributed by atoms with van der Waals surface area (Å²) in [6.45, 7) is 3.07. The van der Waals surface area contributed by atoms with Gasteiger partial charge in [0, 0.05) is 5.56 Å². The van der Waals surface area contributed by atoms with Crippen molar-refractivity contribution in [3.63, 3.8) is 0 Å². The van der Waals surface area contributed by atoms with Crippen molar-refractivity contribution in [2.45, 2.75) is 20.0 Å². The molecule has 0 aliphatic heterocycles. The summed E-state index contributed by atoms with van der Waals surface area (Å²) < 4.78 is 11.3. The van der Waals surface area contributed by atoms with Crippen molar-refractivity contribution in [2.24, 2.45) is 5.10 Å². The lowest BCUT2D eigenvalue weighted by Gasteiger charge is -2.07. The SMILES string of the molecule is CCCOc1ccc(C(=O)N/N=C/c2ccc(OCc3ccc(Cl)c(Cl)c3)cc2)cc1. The fraction of sp³-hybridized carbons (Fsp3) is 0.167. The summed E-state index contributed by atoms with van der Waals surface area (Å²) in [4.78, 5) is 12.2. The van der Waals surface area contributed by atoms with E-state index in [0.717, 1.165) is 23.3 Å². The molecule has 0 bridgehead atoms. The van der Waals surface area contributed by atoms with Gasteiger partial charge in [0.2, 0.25) is 0 Å². The zero-order valence-corrected chi connectivity index (χ0v) is 18.5. The summed E-state index contributed by atoms with van der Waals surface area (Å²) in [5, 5.41) is 5.02. The number of hydrogen-bond acceptors (Lipinski definition) is 4. The predicted molar refractivity (Wildman–Crippen MR) is 125 cm³/mol. The van der Waals surface area contributed by atoms with Crippen LogP contribution >= 0.6 is 23.2 Å². The van der Waals surface area contributed by atoms with Crippen LogP contribution in [0, 0.1) is 0 Å². The van der Waals surface area contributed by atoms with E-state index in [2.05, 4.69) is 10.5 Å². The fourth-order valence-electron chi connectivity index (χ4n) is 2.60. The van der Waals surface area contributed by atoms with Gasteiger partial charge in [0.15, 0.2) is 0 Å². The number of ether oxygens (including phenoxy) is 2. The van der Waals surface area contributed by atoms with Crippen LogP contribution < -0.4 is 14.9 Å². The van der Waals surface area contributed by atoms with Crippen molar-refractivity contribution >= 4 is 35.3 Å². The smallest absolute Gasteiger partial charge is 0.271 e. The van der Waals surface area contributed by atoms with Gasteiger partial charge in [0.1, 0.15) is 18.1 Å². The third-order valence-corrected chi connectivity index (χ3v) is 4.98. The highest BCUT2D eigenvalue weighted by Crippen LogP contribution is 2.23. The Balaban J connectivity index is 1.48. The monoisotopic (exact) mass is 456 g/mol. The molecule has 160 valence electrons. The highest BCUT2D eigenvalue weighted by atomic mass is 35.5. The van der Waals surface area contributed by atoms with Gasteiger partial charge >= 0.3 is 0 Å². The number of nitrogens with zero attached hydrogens (tertiary/aromatic N) is 1. The Morgan fingerprint density at radius 3 is 2.29 bits per heavy atom. The normalized spacial score (nSPS) is 10.8. The van der Waals surface area contributed by atoms with Crippen LogP contribution in [0.3, 0.4) is 0 Å². The van der Waals surface area contributed by atoms with E-state index in [1.54, 1.807) is 42.6 Å². The van der Waals surface area contributed by atoms with Gasteiger partial charge in [-0.2, -0.15) is 5.10 Å². The molecule has 0 aliphatic carbocycles. The molecule has 0 saturated heterocycles. The number of halogens is 2. The molecule has 3 aromatic carbocycles. The average Bonchev–Trinajstić information content (AvgIpc) is 2.79. The van der Waals surface area contributed by atoms with Gasteiger partial charge in [-0.15, -0.1) is 0 Å². The molecule has 0 aromatic heterocycles. The van der Waals surface area contributed by atoms with Crippen molar-refractivity contribution in [1.82, 2.24) is 5.43 Å². The second-order valence-electron chi connectivity index (χ2n) is 6.68. The van der Waals surface area contributed by atoms with Crippen LogP contribution in [0.25, 0.3) is 0 Å². The minimum Gasteiger partial charge on any atom is -0.494 e. The van der Waals surface area contributed by atoms with Gasteiger partial charge in [-0.25, -0.2) is 5.43 Å². The first-order chi connectivity index (χ1) is 15.0. The molecule has 0 aliphatic rings. The third kappa shape index (κ3) is 7.02. The van der Waals surface area contributed by atoms with Crippen molar-refractivity contribution in [2.75, 3.05) is 6.61 Å². The molecule has 0 spiro atoms. The second-order valence-corrected chi connectivity index (χ2v) is 7.49. The summed E-state index contributed by atoms with van der Waals surface area (Å²) in [6.07, 6.45) is 2.50. The highest BCUT2D eigenvalue weighted by molar-refractivity contribution is 6.42. The zero-order valence-electron chi connectivity index (χ0n) is 17.0. The standard InChI is InChI=1S/C24H22Cl2N2O3/c1-2-13-30-20-10-6-19(7-11-20)24(29)28-27-15-17-3-8-21(9-4-17)31-16-18-5-12-22(25)23(26)14-18/h3-12,14-15H,2,13,16H2,1H3,(H,28,29)/b27-15+. The van der Waals surface area contributed by atoms with Crippen molar-refractivity contribution in [1.29, 1.82) is 0 Å². The third-order valence-electron chi connectivity index (χ3n) is 4.24. The summed E-state index contributed by atoms with van der Waals surface area (Å²) in [5.74, 6) is 1.15. The van der Waals surface area contributed by atoms with E-state index < -0.39 is 0 Å². The van der Waals surface area contributed by atoms with E-state index >= 15 is 0 Å². The lowest BCUT2D eigenvalue weighted by molar-refractivity contribution is 0.0955. The van der Waals surface area contributed by atoms with Crippen molar-refractivity contribution in [3.05, 3.63) is 93.5 Å². The number of nitrogens with one attached hydrogen (secondary N) is 1. The number of amides is 1. The van der Waals surface area contributed by atoms with Crippen LogP contribution in [-0.2, 0) is 6.61 Å². The quantitative estimate of drug-likeness (QED) is 0.311. The molecule has 0 saturated carbocycles. The molecule has 0 radical (unpaired) electrons. The number of rotatable bonds is 9. The Labute approximate surface area is 191 Å².